The molecule has 80 valence electrons. The van der Waals surface area contributed by atoms with Crippen molar-refractivity contribution in [1.82, 2.24) is 0 Å². The van der Waals surface area contributed by atoms with Crippen LogP contribution < -0.4 is 0 Å². The second-order valence-corrected chi connectivity index (χ2v) is 2.68. The summed E-state index contributed by atoms with van der Waals surface area (Å²) < 4.78 is 4.71. The molecule has 0 saturated heterocycles. The van der Waals surface area contributed by atoms with Gasteiger partial charge < -0.3 is 4.74 Å². The summed E-state index contributed by atoms with van der Waals surface area (Å²) in [6.45, 7) is 4.65. The number of esters is 1. The Hall–Kier alpha value is -2.03. The first kappa shape index (κ1) is 13.0. The summed E-state index contributed by atoms with van der Waals surface area (Å²) in [6, 6.07) is -0.702. The normalized spacial score (nSPS) is 10.5. The average molecular weight is 210 g/mol. The molecule has 1 unspecified atom stereocenters. The third kappa shape index (κ3) is 6.10. The molecule has 6 nitrogen and oxygen atoms in total. The Kier molecular flexibility index (Phi) is 6.38. The SMILES string of the molecule is C=C(C)C(=O)OCC(CN=C=O)N=C=O. The van der Waals surface area contributed by atoms with E-state index in [4.69, 9.17) is 4.74 Å². The van der Waals surface area contributed by atoms with Gasteiger partial charge in [-0.2, -0.15) is 4.99 Å². The molecule has 0 aromatic carbocycles. The van der Waals surface area contributed by atoms with Gasteiger partial charge in [0.15, 0.2) is 0 Å². The lowest BCUT2D eigenvalue weighted by Crippen LogP contribution is -2.20. The van der Waals surface area contributed by atoms with Crippen LogP contribution in [-0.2, 0) is 19.1 Å². The summed E-state index contributed by atoms with van der Waals surface area (Å²) in [5, 5.41) is 0. The Balaban J connectivity index is 4.17. The van der Waals surface area contributed by atoms with Gasteiger partial charge >= 0.3 is 5.97 Å². The Morgan fingerprint density at radius 3 is 2.60 bits per heavy atom. The van der Waals surface area contributed by atoms with Crippen LogP contribution in [0.1, 0.15) is 6.92 Å². The number of aliphatic imine (C=N–C) groups is 2. The second kappa shape index (κ2) is 7.38. The number of carbonyl (C=O) groups is 1. The molecule has 0 fully saturated rings. The van der Waals surface area contributed by atoms with E-state index in [1.54, 1.807) is 0 Å². The fraction of sp³-hybridized carbons (Fsp3) is 0.444. The largest absolute Gasteiger partial charge is 0.460 e. The molecule has 1 atom stereocenters. The number of ether oxygens (including phenoxy) is 1. The van der Waals surface area contributed by atoms with Crippen molar-refractivity contribution >= 4 is 18.1 Å². The van der Waals surface area contributed by atoms with Gasteiger partial charge in [0, 0.05) is 5.57 Å². The molecule has 0 aromatic rings. The van der Waals surface area contributed by atoms with Gasteiger partial charge in [-0.3, -0.25) is 0 Å². The van der Waals surface area contributed by atoms with Crippen LogP contribution in [0.2, 0.25) is 0 Å². The molecule has 0 rings (SSSR count). The topological polar surface area (TPSA) is 85.2 Å². The molecule has 0 aliphatic carbocycles. The van der Waals surface area contributed by atoms with Gasteiger partial charge in [0.25, 0.3) is 0 Å². The highest BCUT2D eigenvalue weighted by atomic mass is 16.5. The lowest BCUT2D eigenvalue weighted by Gasteiger charge is -2.07. The summed E-state index contributed by atoms with van der Waals surface area (Å²) in [5.41, 5.74) is 0.239. The fourth-order valence-corrected chi connectivity index (χ4v) is 0.643. The van der Waals surface area contributed by atoms with E-state index in [0.717, 1.165) is 0 Å². The summed E-state index contributed by atoms with van der Waals surface area (Å²) in [6.07, 6.45) is 2.60. The van der Waals surface area contributed by atoms with Crippen LogP contribution in [0.25, 0.3) is 0 Å². The third-order valence-corrected chi connectivity index (χ3v) is 1.36. The van der Waals surface area contributed by atoms with Gasteiger partial charge in [-0.15, -0.1) is 0 Å². The molecule has 0 N–H and O–H groups in total. The minimum Gasteiger partial charge on any atom is -0.460 e. The van der Waals surface area contributed by atoms with Gasteiger partial charge in [-0.25, -0.2) is 19.4 Å². The van der Waals surface area contributed by atoms with Gasteiger partial charge in [-0.05, 0) is 6.92 Å². The lowest BCUT2D eigenvalue weighted by molar-refractivity contribution is -0.139. The van der Waals surface area contributed by atoms with E-state index >= 15 is 0 Å². The monoisotopic (exact) mass is 210 g/mol. The maximum Gasteiger partial charge on any atom is 0.333 e. The van der Waals surface area contributed by atoms with Crippen LogP contribution >= 0.6 is 0 Å². The van der Waals surface area contributed by atoms with Gasteiger partial charge in [0.1, 0.15) is 12.6 Å². The second-order valence-electron chi connectivity index (χ2n) is 2.68. The number of hydrogen-bond donors (Lipinski definition) is 0. The van der Waals surface area contributed by atoms with E-state index in [1.807, 2.05) is 0 Å². The van der Waals surface area contributed by atoms with Crippen LogP contribution in [0.15, 0.2) is 22.1 Å². The summed E-state index contributed by atoms with van der Waals surface area (Å²) >= 11 is 0. The molecule has 0 amide bonds. The van der Waals surface area contributed by atoms with Crippen molar-refractivity contribution in [3.63, 3.8) is 0 Å². The zero-order valence-electron chi connectivity index (χ0n) is 8.23. The van der Waals surface area contributed by atoms with Crippen molar-refractivity contribution in [2.75, 3.05) is 13.2 Å². The molecule has 0 spiro atoms. The third-order valence-electron chi connectivity index (χ3n) is 1.36. The van der Waals surface area contributed by atoms with Crippen molar-refractivity contribution < 1.29 is 19.1 Å². The van der Waals surface area contributed by atoms with E-state index in [2.05, 4.69) is 16.6 Å². The first-order chi connectivity index (χ1) is 7.11. The fourth-order valence-electron chi connectivity index (χ4n) is 0.643. The Bertz CT molecular complexity index is 338. The van der Waals surface area contributed by atoms with Crippen LogP contribution in [0.5, 0.6) is 0 Å². The van der Waals surface area contributed by atoms with E-state index in [0.29, 0.717) is 0 Å². The minimum atomic E-state index is -0.702. The number of nitrogens with zero attached hydrogens (tertiary/aromatic N) is 2. The van der Waals surface area contributed by atoms with Gasteiger partial charge in [0.05, 0.1) is 6.54 Å². The van der Waals surface area contributed by atoms with Crippen LogP contribution in [0, 0.1) is 0 Å². The average Bonchev–Trinajstić information content (AvgIpc) is 2.21. The molecule has 0 heterocycles. The Labute approximate surface area is 86.4 Å². The quantitative estimate of drug-likeness (QED) is 0.270. The first-order valence-electron chi connectivity index (χ1n) is 4.05. The Morgan fingerprint density at radius 1 is 1.47 bits per heavy atom. The van der Waals surface area contributed by atoms with Crippen molar-refractivity contribution in [2.45, 2.75) is 13.0 Å². The zero-order valence-corrected chi connectivity index (χ0v) is 8.23. The number of isocyanates is 2. The standard InChI is InChI=1S/C9H10N2O4/c1-7(2)9(14)15-4-8(11-6-13)3-10-5-12/h8H,1,3-4H2,2H3. The minimum absolute atomic E-state index is 0.0673. The summed E-state index contributed by atoms with van der Waals surface area (Å²) in [4.78, 5) is 37.3. The highest BCUT2D eigenvalue weighted by molar-refractivity contribution is 5.86. The summed E-state index contributed by atoms with van der Waals surface area (Å²) in [5.74, 6) is -0.587. The number of hydrogen-bond acceptors (Lipinski definition) is 6. The molecule has 0 saturated carbocycles. The highest BCUT2D eigenvalue weighted by Crippen LogP contribution is 1.97. The van der Waals surface area contributed by atoms with E-state index < -0.39 is 12.0 Å². The first-order valence-corrected chi connectivity index (χ1v) is 4.05. The lowest BCUT2D eigenvalue weighted by atomic mass is 10.3. The molecule has 0 radical (unpaired) electrons. The van der Waals surface area contributed by atoms with Gasteiger partial charge in [-0.1, -0.05) is 6.58 Å². The molecule has 0 aliphatic rings. The smallest absolute Gasteiger partial charge is 0.333 e. The summed E-state index contributed by atoms with van der Waals surface area (Å²) in [7, 11) is 0. The maximum absolute atomic E-state index is 11.0. The van der Waals surface area contributed by atoms with Crippen molar-refractivity contribution in [3.05, 3.63) is 12.2 Å². The van der Waals surface area contributed by atoms with E-state index in [-0.39, 0.29) is 18.7 Å². The van der Waals surface area contributed by atoms with Crippen molar-refractivity contribution in [3.8, 4) is 0 Å². The molecule has 0 aliphatic heterocycles. The van der Waals surface area contributed by atoms with E-state index in [9.17, 15) is 14.4 Å². The van der Waals surface area contributed by atoms with Crippen molar-refractivity contribution in [1.29, 1.82) is 0 Å². The van der Waals surface area contributed by atoms with Crippen LogP contribution in [0.3, 0.4) is 0 Å². The van der Waals surface area contributed by atoms with Crippen molar-refractivity contribution in [2.24, 2.45) is 9.98 Å². The molecule has 0 aromatic heterocycles. The van der Waals surface area contributed by atoms with E-state index in [1.165, 1.54) is 19.1 Å². The van der Waals surface area contributed by atoms with Gasteiger partial charge in [0.2, 0.25) is 12.2 Å². The number of rotatable bonds is 6. The predicted octanol–water partition coefficient (Wildman–Crippen LogP) is 0.146. The van der Waals surface area contributed by atoms with Crippen LogP contribution in [0.4, 0.5) is 0 Å². The molecule has 0 bridgehead atoms. The maximum atomic E-state index is 11.0. The highest BCUT2D eigenvalue weighted by Gasteiger charge is 2.10. The molecular weight excluding hydrogens is 200 g/mol. The Morgan fingerprint density at radius 2 is 2.13 bits per heavy atom. The predicted molar refractivity (Wildman–Crippen MR) is 50.7 cm³/mol. The zero-order chi connectivity index (χ0) is 11.7. The number of carbonyl (C=O) groups excluding carboxylic acids is 3. The van der Waals surface area contributed by atoms with Crippen LogP contribution in [-0.4, -0.2) is 37.3 Å². The molecular formula is C9H10N2O4. The molecule has 15 heavy (non-hydrogen) atoms. The molecule has 6 heteroatoms.